The van der Waals surface area contributed by atoms with E-state index >= 15 is 0 Å². The Morgan fingerprint density at radius 3 is 2.57 bits per heavy atom. The first kappa shape index (κ1) is 10.6. The lowest BCUT2D eigenvalue weighted by atomic mass is 10.0. The van der Waals surface area contributed by atoms with Gasteiger partial charge in [0.25, 0.3) is 0 Å². The molecular weight excluding hydrogens is 189 g/mol. The maximum Gasteiger partial charge on any atom is 0.149 e. The number of aliphatic hydroxyl groups is 1. The maximum absolute atomic E-state index is 13.1. The van der Waals surface area contributed by atoms with Gasteiger partial charge in [-0.3, -0.25) is 0 Å². The van der Waals surface area contributed by atoms with Crippen LogP contribution in [0.2, 0.25) is 0 Å². The second kappa shape index (κ2) is 4.17. The summed E-state index contributed by atoms with van der Waals surface area (Å²) in [7, 11) is 0. The SMILES string of the molecule is [NH3+][C@@H](c1ccccc1F)[C@H](O)C(=O)[O-]. The van der Waals surface area contributed by atoms with E-state index in [9.17, 15) is 14.3 Å². The van der Waals surface area contributed by atoms with Gasteiger partial charge in [0, 0.05) is 5.56 Å². The zero-order chi connectivity index (χ0) is 10.7. The summed E-state index contributed by atoms with van der Waals surface area (Å²) in [5.41, 5.74) is 3.44. The van der Waals surface area contributed by atoms with Crippen LogP contribution in [-0.4, -0.2) is 17.2 Å². The van der Waals surface area contributed by atoms with Crippen molar-refractivity contribution in [3.05, 3.63) is 35.6 Å². The first-order chi connectivity index (χ1) is 6.54. The summed E-state index contributed by atoms with van der Waals surface area (Å²) in [6.07, 6.45) is -1.80. The van der Waals surface area contributed by atoms with Crippen molar-refractivity contribution in [2.24, 2.45) is 0 Å². The fraction of sp³-hybridized carbons (Fsp3) is 0.222. The van der Waals surface area contributed by atoms with Gasteiger partial charge in [0.05, 0.1) is 5.97 Å². The standard InChI is InChI=1S/C9H10FNO3/c10-6-4-2-1-3-5(6)7(11)8(12)9(13)14/h1-4,7-8,12H,11H2,(H,13,14)/t7-,8-/m0/s1. The highest BCUT2D eigenvalue weighted by molar-refractivity contribution is 5.70. The third-order valence-electron chi connectivity index (χ3n) is 1.93. The van der Waals surface area contributed by atoms with Gasteiger partial charge >= 0.3 is 0 Å². The fourth-order valence-electron chi connectivity index (χ4n) is 1.11. The summed E-state index contributed by atoms with van der Waals surface area (Å²) in [6, 6.07) is 4.49. The quantitative estimate of drug-likeness (QED) is 0.603. The molecule has 0 aliphatic carbocycles. The lowest BCUT2D eigenvalue weighted by molar-refractivity contribution is -0.448. The average Bonchev–Trinajstić information content (AvgIpc) is 2.16. The molecular formula is C9H10FNO3. The molecule has 0 aromatic heterocycles. The van der Waals surface area contributed by atoms with Crippen molar-refractivity contribution in [2.45, 2.75) is 12.1 Å². The van der Waals surface area contributed by atoms with Crippen molar-refractivity contribution in [1.29, 1.82) is 0 Å². The highest BCUT2D eigenvalue weighted by atomic mass is 19.1. The monoisotopic (exact) mass is 199 g/mol. The highest BCUT2D eigenvalue weighted by Gasteiger charge is 2.23. The van der Waals surface area contributed by atoms with Crippen molar-refractivity contribution in [2.75, 3.05) is 0 Å². The molecule has 0 aliphatic heterocycles. The molecule has 0 unspecified atom stereocenters. The number of rotatable bonds is 3. The number of hydrogen-bond acceptors (Lipinski definition) is 3. The molecule has 0 heterocycles. The number of carbonyl (C=O) groups is 1. The van der Waals surface area contributed by atoms with Crippen molar-refractivity contribution < 1.29 is 25.1 Å². The second-order valence-electron chi connectivity index (χ2n) is 2.89. The van der Waals surface area contributed by atoms with E-state index in [1.54, 1.807) is 6.07 Å². The van der Waals surface area contributed by atoms with E-state index in [4.69, 9.17) is 5.11 Å². The van der Waals surface area contributed by atoms with Gasteiger partial charge in [-0.1, -0.05) is 18.2 Å². The molecule has 0 saturated carbocycles. The van der Waals surface area contributed by atoms with Gasteiger partial charge in [-0.2, -0.15) is 0 Å². The van der Waals surface area contributed by atoms with Crippen LogP contribution in [0.5, 0.6) is 0 Å². The Hall–Kier alpha value is -1.46. The van der Waals surface area contributed by atoms with Crippen LogP contribution in [0.4, 0.5) is 4.39 Å². The van der Waals surface area contributed by atoms with Gasteiger partial charge in [-0.15, -0.1) is 0 Å². The van der Waals surface area contributed by atoms with Gasteiger partial charge in [-0.25, -0.2) is 4.39 Å². The normalized spacial score (nSPS) is 14.8. The van der Waals surface area contributed by atoms with E-state index in [1.807, 2.05) is 0 Å². The van der Waals surface area contributed by atoms with Gasteiger partial charge < -0.3 is 20.7 Å². The summed E-state index contributed by atoms with van der Waals surface area (Å²) >= 11 is 0. The Balaban J connectivity index is 2.94. The summed E-state index contributed by atoms with van der Waals surface area (Å²) < 4.78 is 13.1. The van der Waals surface area contributed by atoms with Gasteiger partial charge in [0.1, 0.15) is 18.0 Å². The summed E-state index contributed by atoms with van der Waals surface area (Å²) in [5.74, 6) is -2.25. The number of aliphatic carboxylic acids is 1. The van der Waals surface area contributed by atoms with E-state index in [0.717, 1.165) is 0 Å². The van der Waals surface area contributed by atoms with Crippen LogP contribution in [0, 0.1) is 5.82 Å². The van der Waals surface area contributed by atoms with Crippen LogP contribution < -0.4 is 10.8 Å². The van der Waals surface area contributed by atoms with Gasteiger partial charge in [0.2, 0.25) is 0 Å². The molecule has 5 heteroatoms. The summed E-state index contributed by atoms with van der Waals surface area (Å²) in [4.78, 5) is 10.3. The molecule has 0 fully saturated rings. The van der Waals surface area contributed by atoms with Gasteiger partial charge in [-0.05, 0) is 6.07 Å². The molecule has 0 radical (unpaired) electrons. The largest absolute Gasteiger partial charge is 0.547 e. The van der Waals surface area contributed by atoms with E-state index in [0.29, 0.717) is 0 Å². The number of carboxylic acid groups (broad SMARTS) is 1. The van der Waals surface area contributed by atoms with E-state index < -0.39 is 23.9 Å². The van der Waals surface area contributed by atoms with Crippen molar-refractivity contribution in [1.82, 2.24) is 0 Å². The number of carbonyl (C=O) groups excluding carboxylic acids is 1. The molecule has 1 aromatic carbocycles. The smallest absolute Gasteiger partial charge is 0.149 e. The Labute approximate surface area is 79.8 Å². The van der Waals surface area contributed by atoms with Crippen LogP contribution in [0.25, 0.3) is 0 Å². The number of carboxylic acids is 1. The molecule has 1 rings (SSSR count). The Bertz CT molecular complexity index is 343. The van der Waals surface area contributed by atoms with E-state index in [2.05, 4.69) is 5.73 Å². The van der Waals surface area contributed by atoms with Crippen LogP contribution in [0.15, 0.2) is 24.3 Å². The Morgan fingerprint density at radius 2 is 2.07 bits per heavy atom. The molecule has 4 N–H and O–H groups in total. The molecule has 0 spiro atoms. The number of benzene rings is 1. The topological polar surface area (TPSA) is 88.0 Å². The van der Waals surface area contributed by atoms with Crippen LogP contribution in [-0.2, 0) is 4.79 Å². The summed E-state index contributed by atoms with van der Waals surface area (Å²) in [6.45, 7) is 0. The fourth-order valence-corrected chi connectivity index (χ4v) is 1.11. The molecule has 4 nitrogen and oxygen atoms in total. The minimum absolute atomic E-state index is 0.0594. The third kappa shape index (κ3) is 2.07. The minimum atomic E-state index is -1.80. The molecule has 1 aromatic rings. The zero-order valence-electron chi connectivity index (χ0n) is 7.31. The lowest BCUT2D eigenvalue weighted by Gasteiger charge is -2.17. The first-order valence-corrected chi connectivity index (χ1v) is 4.00. The lowest BCUT2D eigenvalue weighted by Crippen LogP contribution is -2.62. The third-order valence-corrected chi connectivity index (χ3v) is 1.93. The molecule has 14 heavy (non-hydrogen) atoms. The van der Waals surface area contributed by atoms with E-state index in [1.165, 1.54) is 18.2 Å². The van der Waals surface area contributed by atoms with Crippen LogP contribution >= 0.6 is 0 Å². The minimum Gasteiger partial charge on any atom is -0.547 e. The van der Waals surface area contributed by atoms with Crippen LogP contribution in [0.1, 0.15) is 11.6 Å². The molecule has 2 atom stereocenters. The van der Waals surface area contributed by atoms with E-state index in [-0.39, 0.29) is 5.56 Å². The van der Waals surface area contributed by atoms with Gasteiger partial charge in [0.15, 0.2) is 0 Å². The number of aliphatic hydroxyl groups excluding tert-OH is 1. The van der Waals surface area contributed by atoms with Crippen molar-refractivity contribution in [3.63, 3.8) is 0 Å². The Kier molecular flexibility index (Phi) is 3.16. The highest BCUT2D eigenvalue weighted by Crippen LogP contribution is 2.15. The number of quaternary nitrogens is 1. The average molecular weight is 199 g/mol. The first-order valence-electron chi connectivity index (χ1n) is 4.00. The van der Waals surface area contributed by atoms with Crippen molar-refractivity contribution in [3.8, 4) is 0 Å². The second-order valence-corrected chi connectivity index (χ2v) is 2.89. The predicted octanol–water partition coefficient (Wildman–Crippen LogP) is -1.78. The summed E-state index contributed by atoms with van der Waals surface area (Å²) in [5, 5.41) is 19.4. The molecule has 0 bridgehead atoms. The molecule has 76 valence electrons. The van der Waals surface area contributed by atoms with Crippen LogP contribution in [0.3, 0.4) is 0 Å². The maximum atomic E-state index is 13.1. The zero-order valence-corrected chi connectivity index (χ0v) is 7.31. The number of halogens is 1. The predicted molar refractivity (Wildman–Crippen MR) is 43.0 cm³/mol. The van der Waals surface area contributed by atoms with Crippen molar-refractivity contribution >= 4 is 5.97 Å². The molecule has 0 aliphatic rings. The molecule has 0 amide bonds. The Morgan fingerprint density at radius 1 is 1.50 bits per heavy atom. The molecule has 0 saturated heterocycles. The number of hydrogen-bond donors (Lipinski definition) is 2.